The Balaban J connectivity index is 2.49. The normalized spacial score (nSPS) is 28.3. The molecule has 0 amide bonds. The van der Waals surface area contributed by atoms with Gasteiger partial charge in [-0.25, -0.2) is 0 Å². The summed E-state index contributed by atoms with van der Waals surface area (Å²) in [6, 6.07) is 0.885. The van der Waals surface area contributed by atoms with Crippen LogP contribution in [0.15, 0.2) is 0 Å². The lowest BCUT2D eigenvalue weighted by Gasteiger charge is -2.30. The van der Waals surface area contributed by atoms with Gasteiger partial charge in [0.25, 0.3) is 0 Å². The van der Waals surface area contributed by atoms with Crippen LogP contribution in [0, 0.1) is 17.8 Å². The fraction of sp³-hybridized carbons (Fsp3) is 0.833. The molecule has 0 spiro atoms. The standard InChI is InChI=1S/C12H21N/c1-5-10(6-2)13-11-8-7-9-12(11,3)4/h1,10-11,13H,6-9H2,2-4H3. The fourth-order valence-corrected chi connectivity index (χ4v) is 2.16. The van der Waals surface area contributed by atoms with Gasteiger partial charge in [-0.15, -0.1) is 6.42 Å². The zero-order chi connectivity index (χ0) is 9.90. The van der Waals surface area contributed by atoms with Crippen molar-refractivity contribution in [1.29, 1.82) is 0 Å². The predicted molar refractivity (Wildman–Crippen MR) is 57.5 cm³/mol. The molecular weight excluding hydrogens is 158 g/mol. The van der Waals surface area contributed by atoms with Crippen LogP contribution < -0.4 is 5.32 Å². The summed E-state index contributed by atoms with van der Waals surface area (Å²) in [6.07, 6.45) is 10.4. The van der Waals surface area contributed by atoms with E-state index in [0.29, 0.717) is 11.5 Å². The van der Waals surface area contributed by atoms with Gasteiger partial charge in [0, 0.05) is 6.04 Å². The molecule has 1 saturated carbocycles. The van der Waals surface area contributed by atoms with Gasteiger partial charge < -0.3 is 5.32 Å². The minimum atomic E-state index is 0.266. The van der Waals surface area contributed by atoms with Crippen LogP contribution in [0.2, 0.25) is 0 Å². The Morgan fingerprint density at radius 3 is 2.69 bits per heavy atom. The molecule has 1 heteroatoms. The van der Waals surface area contributed by atoms with Gasteiger partial charge in [0.1, 0.15) is 0 Å². The SMILES string of the molecule is C#CC(CC)NC1CCCC1(C)C. The first-order valence-electron chi connectivity index (χ1n) is 5.32. The number of hydrogen-bond donors (Lipinski definition) is 1. The van der Waals surface area contributed by atoms with Crippen molar-refractivity contribution in [1.82, 2.24) is 5.32 Å². The van der Waals surface area contributed by atoms with Gasteiger partial charge in [-0.3, -0.25) is 0 Å². The van der Waals surface area contributed by atoms with Crippen molar-refractivity contribution < 1.29 is 0 Å². The molecule has 13 heavy (non-hydrogen) atoms. The van der Waals surface area contributed by atoms with E-state index in [1.807, 2.05) is 0 Å². The van der Waals surface area contributed by atoms with Gasteiger partial charge in [0.2, 0.25) is 0 Å². The van der Waals surface area contributed by atoms with E-state index in [0.717, 1.165) is 6.42 Å². The highest BCUT2D eigenvalue weighted by atomic mass is 15.0. The second kappa shape index (κ2) is 4.15. The first kappa shape index (κ1) is 10.6. The maximum absolute atomic E-state index is 5.44. The zero-order valence-electron chi connectivity index (χ0n) is 9.06. The van der Waals surface area contributed by atoms with Gasteiger partial charge in [-0.1, -0.05) is 33.1 Å². The fourth-order valence-electron chi connectivity index (χ4n) is 2.16. The lowest BCUT2D eigenvalue weighted by atomic mass is 9.87. The van der Waals surface area contributed by atoms with Gasteiger partial charge in [-0.2, -0.15) is 0 Å². The van der Waals surface area contributed by atoms with E-state index in [1.54, 1.807) is 0 Å². The second-order valence-electron chi connectivity index (χ2n) is 4.73. The van der Waals surface area contributed by atoms with Crippen molar-refractivity contribution >= 4 is 0 Å². The van der Waals surface area contributed by atoms with Crippen LogP contribution in [-0.2, 0) is 0 Å². The smallest absolute Gasteiger partial charge is 0.0686 e. The van der Waals surface area contributed by atoms with Crippen molar-refractivity contribution in [3.05, 3.63) is 0 Å². The molecule has 0 aliphatic heterocycles. The van der Waals surface area contributed by atoms with Crippen molar-refractivity contribution in [2.45, 2.75) is 58.5 Å². The summed E-state index contributed by atoms with van der Waals surface area (Å²) in [7, 11) is 0. The summed E-state index contributed by atoms with van der Waals surface area (Å²) in [4.78, 5) is 0. The molecular formula is C12H21N. The Labute approximate surface area is 82.3 Å². The zero-order valence-corrected chi connectivity index (χ0v) is 9.06. The molecule has 2 unspecified atom stereocenters. The molecule has 0 aromatic rings. The topological polar surface area (TPSA) is 12.0 Å². The van der Waals surface area contributed by atoms with Crippen LogP contribution in [0.3, 0.4) is 0 Å². The molecule has 0 aromatic carbocycles. The first-order valence-corrected chi connectivity index (χ1v) is 5.32. The second-order valence-corrected chi connectivity index (χ2v) is 4.73. The summed E-state index contributed by atoms with van der Waals surface area (Å²) >= 11 is 0. The van der Waals surface area contributed by atoms with Crippen LogP contribution in [-0.4, -0.2) is 12.1 Å². The Morgan fingerprint density at radius 2 is 2.31 bits per heavy atom. The molecule has 1 rings (SSSR count). The summed E-state index contributed by atoms with van der Waals surface area (Å²) < 4.78 is 0. The van der Waals surface area contributed by atoms with Crippen LogP contribution in [0.4, 0.5) is 0 Å². The highest BCUT2D eigenvalue weighted by Gasteiger charge is 2.34. The van der Waals surface area contributed by atoms with E-state index in [-0.39, 0.29) is 6.04 Å². The van der Waals surface area contributed by atoms with E-state index >= 15 is 0 Å². The molecule has 0 saturated heterocycles. The Morgan fingerprint density at radius 1 is 1.62 bits per heavy atom. The molecule has 1 aliphatic carbocycles. The van der Waals surface area contributed by atoms with E-state index in [1.165, 1.54) is 19.3 Å². The molecule has 0 heterocycles. The minimum Gasteiger partial charge on any atom is -0.300 e. The Hall–Kier alpha value is -0.480. The van der Waals surface area contributed by atoms with E-state index < -0.39 is 0 Å². The van der Waals surface area contributed by atoms with Crippen molar-refractivity contribution in [3.8, 4) is 12.3 Å². The lowest BCUT2D eigenvalue weighted by molar-refractivity contribution is 0.272. The molecule has 0 bridgehead atoms. The third-order valence-electron chi connectivity index (χ3n) is 3.27. The molecule has 0 aromatic heterocycles. The maximum atomic E-state index is 5.44. The minimum absolute atomic E-state index is 0.266. The number of hydrogen-bond acceptors (Lipinski definition) is 1. The molecule has 2 atom stereocenters. The van der Waals surface area contributed by atoms with E-state index in [9.17, 15) is 0 Å². The Bertz CT molecular complexity index is 200. The molecule has 1 fully saturated rings. The summed E-state index contributed by atoms with van der Waals surface area (Å²) in [6.45, 7) is 6.81. The van der Waals surface area contributed by atoms with Gasteiger partial charge in [0.15, 0.2) is 0 Å². The van der Waals surface area contributed by atoms with Crippen LogP contribution in [0.1, 0.15) is 46.5 Å². The van der Waals surface area contributed by atoms with Crippen molar-refractivity contribution in [3.63, 3.8) is 0 Å². The number of rotatable bonds is 3. The van der Waals surface area contributed by atoms with Gasteiger partial charge in [-0.05, 0) is 24.7 Å². The molecule has 1 N–H and O–H groups in total. The summed E-state index contributed by atoms with van der Waals surface area (Å²) in [5.41, 5.74) is 0.435. The lowest BCUT2D eigenvalue weighted by Crippen LogP contribution is -2.43. The monoisotopic (exact) mass is 179 g/mol. The largest absolute Gasteiger partial charge is 0.300 e. The average Bonchev–Trinajstić information content (AvgIpc) is 2.41. The van der Waals surface area contributed by atoms with E-state index in [4.69, 9.17) is 6.42 Å². The van der Waals surface area contributed by atoms with Crippen LogP contribution in [0.5, 0.6) is 0 Å². The Kier molecular flexibility index (Phi) is 3.39. The van der Waals surface area contributed by atoms with Gasteiger partial charge >= 0.3 is 0 Å². The van der Waals surface area contributed by atoms with Crippen molar-refractivity contribution in [2.75, 3.05) is 0 Å². The summed E-state index contributed by atoms with van der Waals surface area (Å²) in [5.74, 6) is 2.81. The quantitative estimate of drug-likeness (QED) is 0.657. The average molecular weight is 179 g/mol. The molecule has 0 radical (unpaired) electrons. The third kappa shape index (κ3) is 2.48. The number of nitrogens with one attached hydrogen (secondary N) is 1. The van der Waals surface area contributed by atoms with Crippen LogP contribution >= 0.6 is 0 Å². The molecule has 1 aliphatic rings. The molecule has 74 valence electrons. The molecule has 1 nitrogen and oxygen atoms in total. The first-order chi connectivity index (χ1) is 6.10. The van der Waals surface area contributed by atoms with Crippen LogP contribution in [0.25, 0.3) is 0 Å². The van der Waals surface area contributed by atoms with Gasteiger partial charge in [0.05, 0.1) is 6.04 Å². The van der Waals surface area contributed by atoms with E-state index in [2.05, 4.69) is 32.0 Å². The highest BCUT2D eigenvalue weighted by molar-refractivity contribution is 5.02. The van der Waals surface area contributed by atoms with Crippen molar-refractivity contribution in [2.24, 2.45) is 5.41 Å². The maximum Gasteiger partial charge on any atom is 0.0686 e. The highest BCUT2D eigenvalue weighted by Crippen LogP contribution is 2.37. The summed E-state index contributed by atoms with van der Waals surface area (Å²) in [5, 5.41) is 3.57. The third-order valence-corrected chi connectivity index (χ3v) is 3.27. The number of terminal acetylenes is 1. The predicted octanol–water partition coefficient (Wildman–Crippen LogP) is 2.57.